The molecule has 0 aliphatic heterocycles. The zero-order valence-electron chi connectivity index (χ0n) is 11.6. The lowest BCUT2D eigenvalue weighted by Crippen LogP contribution is -2.55. The normalized spacial score (nSPS) is 28.7. The lowest BCUT2D eigenvalue weighted by atomic mass is 9.71. The molecule has 0 aromatic heterocycles. The number of carboxylic acids is 1. The average Bonchev–Trinajstić information content (AvgIpc) is 2.38. The largest absolute Gasteiger partial charge is 0.481 e. The molecule has 0 radical (unpaired) electrons. The number of nitrogens with one attached hydrogen (secondary N) is 1. The maximum atomic E-state index is 12.0. The van der Waals surface area contributed by atoms with Crippen LogP contribution in [0.3, 0.4) is 0 Å². The summed E-state index contributed by atoms with van der Waals surface area (Å²) in [6.07, 6.45) is 5.75. The van der Waals surface area contributed by atoms with E-state index in [9.17, 15) is 14.7 Å². The number of rotatable bonds is 6. The molecule has 1 fully saturated rings. The Bertz CT molecular complexity index is 338. The van der Waals surface area contributed by atoms with Crippen LogP contribution in [-0.4, -0.2) is 41.1 Å². The third kappa shape index (κ3) is 4.11. The number of amides is 1. The van der Waals surface area contributed by atoms with E-state index in [-0.39, 0.29) is 11.9 Å². The number of hydrogen-bond donors (Lipinski definition) is 3. The SMILES string of the molecule is CSCC[C@@H](N)C(=O)NC1CCCCC1(C)C(=O)O. The number of nitrogens with two attached hydrogens (primary N) is 1. The van der Waals surface area contributed by atoms with Gasteiger partial charge in [-0.3, -0.25) is 9.59 Å². The third-order valence-electron chi connectivity index (χ3n) is 3.98. The van der Waals surface area contributed by atoms with Gasteiger partial charge in [0.2, 0.25) is 5.91 Å². The van der Waals surface area contributed by atoms with E-state index in [0.717, 1.165) is 18.6 Å². The van der Waals surface area contributed by atoms with E-state index >= 15 is 0 Å². The van der Waals surface area contributed by atoms with Gasteiger partial charge in [0.15, 0.2) is 0 Å². The average molecular weight is 288 g/mol. The molecule has 1 aliphatic rings. The van der Waals surface area contributed by atoms with E-state index in [1.54, 1.807) is 18.7 Å². The zero-order valence-corrected chi connectivity index (χ0v) is 12.5. The summed E-state index contributed by atoms with van der Waals surface area (Å²) >= 11 is 1.64. The van der Waals surface area contributed by atoms with Crippen molar-refractivity contribution < 1.29 is 14.7 Å². The maximum Gasteiger partial charge on any atom is 0.311 e. The minimum atomic E-state index is -0.868. The first-order chi connectivity index (χ1) is 8.91. The Morgan fingerprint density at radius 3 is 2.79 bits per heavy atom. The summed E-state index contributed by atoms with van der Waals surface area (Å²) in [5, 5.41) is 12.2. The van der Waals surface area contributed by atoms with Gasteiger partial charge in [-0.25, -0.2) is 0 Å². The van der Waals surface area contributed by atoms with Crippen LogP contribution in [0.25, 0.3) is 0 Å². The number of carboxylic acid groups (broad SMARTS) is 1. The molecule has 0 aromatic rings. The summed E-state index contributed by atoms with van der Waals surface area (Å²) in [7, 11) is 0. The summed E-state index contributed by atoms with van der Waals surface area (Å²) in [6.45, 7) is 1.72. The quantitative estimate of drug-likeness (QED) is 0.683. The van der Waals surface area contributed by atoms with E-state index in [1.165, 1.54) is 0 Å². The fourth-order valence-corrected chi connectivity index (χ4v) is 2.97. The lowest BCUT2D eigenvalue weighted by molar-refractivity contribution is -0.152. The van der Waals surface area contributed by atoms with Crippen LogP contribution in [0.15, 0.2) is 0 Å². The van der Waals surface area contributed by atoms with E-state index in [1.807, 2.05) is 6.26 Å². The fourth-order valence-electron chi connectivity index (χ4n) is 2.48. The van der Waals surface area contributed by atoms with E-state index < -0.39 is 17.4 Å². The highest BCUT2D eigenvalue weighted by Gasteiger charge is 2.44. The molecule has 0 bridgehead atoms. The summed E-state index contributed by atoms with van der Waals surface area (Å²) in [5.74, 6) is -0.237. The fraction of sp³-hybridized carbons (Fsp3) is 0.846. The van der Waals surface area contributed by atoms with Gasteiger partial charge in [-0.05, 0) is 38.2 Å². The molecule has 110 valence electrons. The van der Waals surface area contributed by atoms with Crippen molar-refractivity contribution in [2.75, 3.05) is 12.0 Å². The molecular formula is C13H24N2O3S. The lowest BCUT2D eigenvalue weighted by Gasteiger charge is -2.38. The molecule has 0 aromatic carbocycles. The summed E-state index contributed by atoms with van der Waals surface area (Å²) < 4.78 is 0. The van der Waals surface area contributed by atoms with Crippen LogP contribution < -0.4 is 11.1 Å². The van der Waals surface area contributed by atoms with Gasteiger partial charge >= 0.3 is 5.97 Å². The van der Waals surface area contributed by atoms with E-state index in [2.05, 4.69) is 5.32 Å². The Morgan fingerprint density at radius 1 is 1.53 bits per heavy atom. The molecule has 4 N–H and O–H groups in total. The van der Waals surface area contributed by atoms with Crippen LogP contribution in [-0.2, 0) is 9.59 Å². The molecule has 5 nitrogen and oxygen atoms in total. The minimum absolute atomic E-state index is 0.228. The Labute approximate surface area is 118 Å². The molecule has 3 atom stereocenters. The predicted molar refractivity (Wildman–Crippen MR) is 77.1 cm³/mol. The van der Waals surface area contributed by atoms with Gasteiger partial charge in [0, 0.05) is 6.04 Å². The van der Waals surface area contributed by atoms with Crippen LogP contribution in [0.4, 0.5) is 0 Å². The number of aliphatic carboxylic acids is 1. The van der Waals surface area contributed by atoms with E-state index in [0.29, 0.717) is 19.3 Å². The Hall–Kier alpha value is -0.750. The van der Waals surface area contributed by atoms with Crippen molar-refractivity contribution in [3.05, 3.63) is 0 Å². The van der Waals surface area contributed by atoms with Gasteiger partial charge in [0.25, 0.3) is 0 Å². The number of hydrogen-bond acceptors (Lipinski definition) is 4. The van der Waals surface area contributed by atoms with Crippen molar-refractivity contribution in [1.29, 1.82) is 0 Å². The number of carbonyl (C=O) groups is 2. The smallest absolute Gasteiger partial charge is 0.311 e. The van der Waals surface area contributed by atoms with Gasteiger partial charge in [0.05, 0.1) is 11.5 Å². The second-order valence-electron chi connectivity index (χ2n) is 5.42. The van der Waals surface area contributed by atoms with Crippen LogP contribution >= 0.6 is 11.8 Å². The summed E-state index contributed by atoms with van der Waals surface area (Å²) in [5.41, 5.74) is 4.94. The maximum absolute atomic E-state index is 12.0. The van der Waals surface area contributed by atoms with Crippen LogP contribution in [0.1, 0.15) is 39.0 Å². The Morgan fingerprint density at radius 2 is 2.21 bits per heavy atom. The highest BCUT2D eigenvalue weighted by atomic mass is 32.2. The molecule has 0 saturated heterocycles. The zero-order chi connectivity index (χ0) is 14.5. The van der Waals surface area contributed by atoms with Gasteiger partial charge in [-0.15, -0.1) is 0 Å². The first-order valence-electron chi connectivity index (χ1n) is 6.70. The topological polar surface area (TPSA) is 92.4 Å². The van der Waals surface area contributed by atoms with Crippen LogP contribution in [0.2, 0.25) is 0 Å². The van der Waals surface area contributed by atoms with Crippen molar-refractivity contribution in [2.24, 2.45) is 11.1 Å². The van der Waals surface area contributed by atoms with E-state index in [4.69, 9.17) is 5.73 Å². The molecule has 2 unspecified atom stereocenters. The molecule has 0 spiro atoms. The third-order valence-corrected chi connectivity index (χ3v) is 4.63. The first kappa shape index (κ1) is 16.3. The second-order valence-corrected chi connectivity index (χ2v) is 6.40. The molecule has 6 heteroatoms. The molecule has 0 heterocycles. The van der Waals surface area contributed by atoms with Crippen LogP contribution in [0.5, 0.6) is 0 Å². The molecule has 1 saturated carbocycles. The summed E-state index contributed by atoms with van der Waals surface area (Å²) in [6, 6.07) is -0.862. The number of thioether (sulfide) groups is 1. The van der Waals surface area contributed by atoms with Gasteiger partial charge in [-0.2, -0.15) is 11.8 Å². The Kier molecular flexibility index (Phi) is 6.13. The van der Waals surface area contributed by atoms with Crippen LogP contribution in [0, 0.1) is 5.41 Å². The highest BCUT2D eigenvalue weighted by Crippen LogP contribution is 2.36. The Balaban J connectivity index is 2.62. The summed E-state index contributed by atoms with van der Waals surface area (Å²) in [4.78, 5) is 23.4. The molecule has 1 amide bonds. The molecular weight excluding hydrogens is 264 g/mol. The van der Waals surface area contributed by atoms with Crippen molar-refractivity contribution in [1.82, 2.24) is 5.32 Å². The monoisotopic (exact) mass is 288 g/mol. The number of carbonyl (C=O) groups excluding carboxylic acids is 1. The minimum Gasteiger partial charge on any atom is -0.481 e. The first-order valence-corrected chi connectivity index (χ1v) is 8.09. The molecule has 1 rings (SSSR count). The van der Waals surface area contributed by atoms with Crippen molar-refractivity contribution in [3.8, 4) is 0 Å². The van der Waals surface area contributed by atoms with Gasteiger partial charge < -0.3 is 16.2 Å². The standard InChI is InChI=1S/C13H24N2O3S/c1-13(12(17)18)7-4-3-5-10(13)15-11(16)9(14)6-8-19-2/h9-10H,3-8,14H2,1-2H3,(H,15,16)(H,17,18)/t9-,10?,13?/m1/s1. The predicted octanol–water partition coefficient (Wildman–Crippen LogP) is 1.22. The molecule has 1 aliphatic carbocycles. The van der Waals surface area contributed by atoms with Crippen molar-refractivity contribution in [3.63, 3.8) is 0 Å². The van der Waals surface area contributed by atoms with Gasteiger partial charge in [0.1, 0.15) is 0 Å². The second kappa shape index (κ2) is 7.14. The van der Waals surface area contributed by atoms with Gasteiger partial charge in [-0.1, -0.05) is 12.8 Å². The highest BCUT2D eigenvalue weighted by molar-refractivity contribution is 7.98. The van der Waals surface area contributed by atoms with Crippen molar-refractivity contribution in [2.45, 2.75) is 51.1 Å². The molecule has 19 heavy (non-hydrogen) atoms. The van der Waals surface area contributed by atoms with Crippen molar-refractivity contribution >= 4 is 23.6 Å².